The lowest BCUT2D eigenvalue weighted by atomic mass is 10.2. The van der Waals surface area contributed by atoms with E-state index < -0.39 is 5.97 Å². The highest BCUT2D eigenvalue weighted by atomic mass is 32.2. The minimum atomic E-state index is -0.437. The molecule has 1 amide bonds. The summed E-state index contributed by atoms with van der Waals surface area (Å²) in [6.07, 6.45) is 1.76. The van der Waals surface area contributed by atoms with Crippen LogP contribution in [0, 0.1) is 6.92 Å². The zero-order chi connectivity index (χ0) is 21.5. The van der Waals surface area contributed by atoms with Crippen LogP contribution in [0.25, 0.3) is 11.4 Å². The molecule has 3 rings (SSSR count). The number of nitrogens with one attached hydrogen (secondary N) is 1. The highest BCUT2D eigenvalue weighted by Gasteiger charge is 2.19. The Labute approximate surface area is 182 Å². The second kappa shape index (κ2) is 10.2. The number of thioether (sulfide) groups is 1. The number of rotatable bonds is 9. The zero-order valence-corrected chi connectivity index (χ0v) is 18.3. The molecule has 0 saturated carbocycles. The van der Waals surface area contributed by atoms with E-state index in [4.69, 9.17) is 4.74 Å². The van der Waals surface area contributed by atoms with Crippen LogP contribution >= 0.6 is 23.1 Å². The van der Waals surface area contributed by atoms with E-state index in [2.05, 4.69) is 27.1 Å². The lowest BCUT2D eigenvalue weighted by Crippen LogP contribution is -2.14. The Kier molecular flexibility index (Phi) is 7.36. The first kappa shape index (κ1) is 21.7. The van der Waals surface area contributed by atoms with Gasteiger partial charge in [-0.2, -0.15) is 0 Å². The van der Waals surface area contributed by atoms with Gasteiger partial charge in [-0.25, -0.2) is 9.78 Å². The fourth-order valence-electron chi connectivity index (χ4n) is 2.61. The van der Waals surface area contributed by atoms with Crippen LogP contribution in [-0.2, 0) is 16.1 Å². The summed E-state index contributed by atoms with van der Waals surface area (Å²) < 4.78 is 6.91. The van der Waals surface area contributed by atoms with E-state index in [9.17, 15) is 9.59 Å². The van der Waals surface area contributed by atoms with Crippen molar-refractivity contribution in [3.05, 3.63) is 53.6 Å². The van der Waals surface area contributed by atoms with Crippen LogP contribution in [0.2, 0.25) is 0 Å². The van der Waals surface area contributed by atoms with Crippen LogP contribution in [0.3, 0.4) is 0 Å². The molecule has 0 unspecified atom stereocenters. The maximum atomic E-state index is 12.4. The summed E-state index contributed by atoms with van der Waals surface area (Å²) in [6, 6.07) is 9.71. The van der Waals surface area contributed by atoms with Gasteiger partial charge in [0.05, 0.1) is 18.1 Å². The van der Waals surface area contributed by atoms with Gasteiger partial charge in [0, 0.05) is 12.1 Å². The van der Waals surface area contributed by atoms with Crippen molar-refractivity contribution in [2.24, 2.45) is 0 Å². The van der Waals surface area contributed by atoms with Gasteiger partial charge in [0.15, 0.2) is 16.1 Å². The number of nitrogens with zero attached hydrogens (tertiary/aromatic N) is 4. The molecule has 0 spiro atoms. The van der Waals surface area contributed by atoms with E-state index in [1.165, 1.54) is 11.8 Å². The molecule has 0 radical (unpaired) electrons. The minimum absolute atomic E-state index is 0.122. The molecule has 10 heteroatoms. The van der Waals surface area contributed by atoms with Crippen molar-refractivity contribution in [3.63, 3.8) is 0 Å². The smallest absolute Gasteiger partial charge is 0.350 e. The molecule has 2 aromatic heterocycles. The second-order valence-electron chi connectivity index (χ2n) is 6.06. The number of hydrogen-bond acceptors (Lipinski definition) is 8. The third-order valence-corrected chi connectivity index (χ3v) is 5.92. The number of allylic oxidation sites excluding steroid dienone is 1. The standard InChI is InChI=1S/C20H21N5O3S2/c1-4-11-25-17(14-9-7-6-8-10-14)23-24-20(25)29-12-15(26)22-19-21-13(3)16(30-19)18(27)28-5-2/h4,6-10H,1,5,11-12H2,2-3H3,(H,21,22,26). The number of benzene rings is 1. The Bertz CT molecular complexity index is 1050. The van der Waals surface area contributed by atoms with Gasteiger partial charge in [0.25, 0.3) is 0 Å². The minimum Gasteiger partial charge on any atom is -0.462 e. The maximum absolute atomic E-state index is 12.4. The summed E-state index contributed by atoms with van der Waals surface area (Å²) in [5, 5.41) is 12.2. The van der Waals surface area contributed by atoms with Gasteiger partial charge in [0.2, 0.25) is 5.91 Å². The van der Waals surface area contributed by atoms with E-state index in [1.54, 1.807) is 19.9 Å². The number of amides is 1. The molecular weight excluding hydrogens is 422 g/mol. The lowest BCUT2D eigenvalue weighted by molar-refractivity contribution is -0.113. The molecular formula is C20H21N5O3S2. The molecule has 8 nitrogen and oxygen atoms in total. The van der Waals surface area contributed by atoms with Crippen LogP contribution in [0.15, 0.2) is 48.1 Å². The molecule has 1 aromatic carbocycles. The molecule has 0 fully saturated rings. The van der Waals surface area contributed by atoms with Gasteiger partial charge in [-0.1, -0.05) is 59.5 Å². The first-order chi connectivity index (χ1) is 14.5. The van der Waals surface area contributed by atoms with Gasteiger partial charge in [-0.05, 0) is 13.8 Å². The van der Waals surface area contributed by atoms with Gasteiger partial charge in [0.1, 0.15) is 4.88 Å². The van der Waals surface area contributed by atoms with Crippen molar-refractivity contribution in [1.29, 1.82) is 0 Å². The highest BCUT2D eigenvalue weighted by molar-refractivity contribution is 7.99. The molecule has 1 N–H and O–H groups in total. The fourth-order valence-corrected chi connectivity index (χ4v) is 4.24. The Morgan fingerprint density at radius 3 is 2.77 bits per heavy atom. The lowest BCUT2D eigenvalue weighted by Gasteiger charge is -2.07. The third-order valence-electron chi connectivity index (χ3n) is 3.90. The van der Waals surface area contributed by atoms with Crippen LogP contribution in [0.4, 0.5) is 5.13 Å². The van der Waals surface area contributed by atoms with E-state index in [1.807, 2.05) is 34.9 Å². The summed E-state index contributed by atoms with van der Waals surface area (Å²) in [5.74, 6) is 0.150. The van der Waals surface area contributed by atoms with Gasteiger partial charge >= 0.3 is 5.97 Å². The topological polar surface area (TPSA) is 99.0 Å². The SMILES string of the molecule is C=CCn1c(SCC(=O)Nc2nc(C)c(C(=O)OCC)s2)nnc1-c1ccccc1. The van der Waals surface area contributed by atoms with Gasteiger partial charge in [-0.15, -0.1) is 16.8 Å². The number of carbonyl (C=O) groups excluding carboxylic acids is 2. The molecule has 0 aliphatic carbocycles. The largest absolute Gasteiger partial charge is 0.462 e. The molecule has 0 bridgehead atoms. The van der Waals surface area contributed by atoms with Crippen molar-refractivity contribution in [1.82, 2.24) is 19.7 Å². The van der Waals surface area contributed by atoms with Crippen molar-refractivity contribution in [2.75, 3.05) is 17.7 Å². The first-order valence-electron chi connectivity index (χ1n) is 9.20. The predicted molar refractivity (Wildman–Crippen MR) is 118 cm³/mol. The Hall–Kier alpha value is -2.98. The van der Waals surface area contributed by atoms with Crippen LogP contribution < -0.4 is 5.32 Å². The van der Waals surface area contributed by atoms with Crippen LogP contribution in [0.5, 0.6) is 0 Å². The summed E-state index contributed by atoms with van der Waals surface area (Å²) in [5.41, 5.74) is 1.47. The normalized spacial score (nSPS) is 10.6. The van der Waals surface area contributed by atoms with E-state index >= 15 is 0 Å². The van der Waals surface area contributed by atoms with Crippen molar-refractivity contribution >= 4 is 40.1 Å². The number of esters is 1. The molecule has 0 atom stereocenters. The van der Waals surface area contributed by atoms with Gasteiger partial charge < -0.3 is 10.1 Å². The number of ether oxygens (including phenoxy) is 1. The summed E-state index contributed by atoms with van der Waals surface area (Å²) >= 11 is 2.37. The average molecular weight is 444 g/mol. The summed E-state index contributed by atoms with van der Waals surface area (Å²) in [6.45, 7) is 8.04. The summed E-state index contributed by atoms with van der Waals surface area (Å²) in [7, 11) is 0. The van der Waals surface area contributed by atoms with Crippen LogP contribution in [-0.4, -0.2) is 44.0 Å². The molecule has 0 aliphatic heterocycles. The second-order valence-corrected chi connectivity index (χ2v) is 8.00. The predicted octanol–water partition coefficient (Wildman–Crippen LogP) is 3.80. The number of carbonyl (C=O) groups is 2. The number of hydrogen-bond donors (Lipinski definition) is 1. The number of anilines is 1. The Balaban J connectivity index is 1.67. The molecule has 0 saturated heterocycles. The quantitative estimate of drug-likeness (QED) is 0.305. The molecule has 0 aliphatic rings. The van der Waals surface area contributed by atoms with Crippen LogP contribution in [0.1, 0.15) is 22.3 Å². The Morgan fingerprint density at radius 1 is 1.30 bits per heavy atom. The molecule has 2 heterocycles. The molecule has 30 heavy (non-hydrogen) atoms. The zero-order valence-electron chi connectivity index (χ0n) is 16.6. The molecule has 3 aromatic rings. The van der Waals surface area contributed by atoms with Crippen molar-refractivity contribution in [2.45, 2.75) is 25.5 Å². The molecule has 156 valence electrons. The highest BCUT2D eigenvalue weighted by Crippen LogP contribution is 2.26. The average Bonchev–Trinajstić information content (AvgIpc) is 3.30. The maximum Gasteiger partial charge on any atom is 0.350 e. The van der Waals surface area contributed by atoms with Crippen molar-refractivity contribution < 1.29 is 14.3 Å². The Morgan fingerprint density at radius 2 is 2.07 bits per heavy atom. The monoisotopic (exact) mass is 443 g/mol. The number of thiazole rings is 1. The fraction of sp³-hybridized carbons (Fsp3) is 0.250. The van der Waals surface area contributed by atoms with Crippen molar-refractivity contribution in [3.8, 4) is 11.4 Å². The number of aromatic nitrogens is 4. The van der Waals surface area contributed by atoms with E-state index in [-0.39, 0.29) is 18.3 Å². The third kappa shape index (κ3) is 5.14. The van der Waals surface area contributed by atoms with E-state index in [0.29, 0.717) is 33.2 Å². The summed E-state index contributed by atoms with van der Waals surface area (Å²) in [4.78, 5) is 28.9. The van der Waals surface area contributed by atoms with E-state index in [0.717, 1.165) is 16.9 Å². The first-order valence-corrected chi connectivity index (χ1v) is 11.0. The number of aryl methyl sites for hydroxylation is 1. The van der Waals surface area contributed by atoms with Gasteiger partial charge in [-0.3, -0.25) is 9.36 Å².